The fourth-order valence-electron chi connectivity index (χ4n) is 3.84. The number of hydrogen-bond donors (Lipinski definition) is 4. The van der Waals surface area contributed by atoms with Gasteiger partial charge in [0.05, 0.1) is 30.7 Å². The number of allylic oxidation sites excluding steroid dienone is 3. The molecule has 0 bridgehead atoms. The lowest BCUT2D eigenvalue weighted by Gasteiger charge is -2.27. The molecule has 0 saturated carbocycles. The monoisotopic (exact) mass is 454 g/mol. The molecule has 1 rings (SSSR count). The molecule has 0 aliphatic heterocycles. The van der Waals surface area contributed by atoms with Crippen molar-refractivity contribution in [3.8, 4) is 0 Å². The Bertz CT molecular complexity index is 655. The molecule has 1 aliphatic carbocycles. The van der Waals surface area contributed by atoms with Gasteiger partial charge < -0.3 is 25.2 Å². The fourth-order valence-corrected chi connectivity index (χ4v) is 3.84. The van der Waals surface area contributed by atoms with Gasteiger partial charge in [-0.2, -0.15) is 0 Å². The van der Waals surface area contributed by atoms with Crippen molar-refractivity contribution >= 4 is 11.9 Å². The second kappa shape index (κ2) is 13.8. The maximum Gasteiger partial charge on any atom is 0.311 e. The first kappa shape index (κ1) is 28.3. The van der Waals surface area contributed by atoms with E-state index in [0.717, 1.165) is 18.4 Å². The third-order valence-corrected chi connectivity index (χ3v) is 6.40. The van der Waals surface area contributed by atoms with Crippen LogP contribution in [0.3, 0.4) is 0 Å². The number of aliphatic hydroxyl groups excluding tert-OH is 3. The minimum Gasteiger partial charge on any atom is -0.481 e. The minimum atomic E-state index is -1.07. The van der Waals surface area contributed by atoms with Gasteiger partial charge in [0.2, 0.25) is 0 Å². The zero-order chi connectivity index (χ0) is 24.4. The molecule has 1 aliphatic rings. The van der Waals surface area contributed by atoms with Gasteiger partial charge in [-0.15, -0.1) is 0 Å². The van der Waals surface area contributed by atoms with Crippen LogP contribution in [-0.2, 0) is 14.3 Å². The van der Waals surface area contributed by atoms with Crippen molar-refractivity contribution in [1.29, 1.82) is 0 Å². The Morgan fingerprint density at radius 1 is 1.12 bits per heavy atom. The van der Waals surface area contributed by atoms with Gasteiger partial charge in [0.25, 0.3) is 0 Å². The van der Waals surface area contributed by atoms with E-state index in [1.54, 1.807) is 13.8 Å². The molecule has 1 unspecified atom stereocenters. The Morgan fingerprint density at radius 2 is 1.78 bits per heavy atom. The summed E-state index contributed by atoms with van der Waals surface area (Å²) in [6.45, 7) is 9.57. The molecule has 7 heteroatoms. The van der Waals surface area contributed by atoms with Crippen molar-refractivity contribution in [2.24, 2.45) is 23.7 Å². The highest BCUT2D eigenvalue weighted by molar-refractivity contribution is 5.72. The molecule has 0 amide bonds. The fraction of sp³-hybridized carbons (Fsp3) is 0.760. The van der Waals surface area contributed by atoms with Crippen LogP contribution in [0.4, 0.5) is 0 Å². The van der Waals surface area contributed by atoms with Gasteiger partial charge in [0, 0.05) is 6.42 Å². The van der Waals surface area contributed by atoms with E-state index < -0.39 is 30.2 Å². The first-order valence-corrected chi connectivity index (χ1v) is 11.7. The Balaban J connectivity index is 2.52. The highest BCUT2D eigenvalue weighted by Crippen LogP contribution is 2.28. The predicted molar refractivity (Wildman–Crippen MR) is 123 cm³/mol. The molecule has 0 fully saturated rings. The molecule has 0 radical (unpaired) electrons. The first-order valence-electron chi connectivity index (χ1n) is 11.7. The smallest absolute Gasteiger partial charge is 0.311 e. The molecule has 0 saturated heterocycles. The van der Waals surface area contributed by atoms with Crippen molar-refractivity contribution < 1.29 is 34.8 Å². The molecule has 0 aromatic rings. The number of esters is 1. The van der Waals surface area contributed by atoms with E-state index >= 15 is 0 Å². The number of carbonyl (C=O) groups excluding carboxylic acids is 1. The minimum absolute atomic E-state index is 0.0712. The van der Waals surface area contributed by atoms with E-state index in [4.69, 9.17) is 9.84 Å². The van der Waals surface area contributed by atoms with Crippen molar-refractivity contribution in [3.05, 3.63) is 23.8 Å². The van der Waals surface area contributed by atoms with Gasteiger partial charge in [-0.25, -0.2) is 0 Å². The number of carboxylic acid groups (broad SMARTS) is 1. The summed E-state index contributed by atoms with van der Waals surface area (Å²) in [5.74, 6) is -1.12. The van der Waals surface area contributed by atoms with E-state index in [2.05, 4.69) is 39.0 Å². The summed E-state index contributed by atoms with van der Waals surface area (Å²) in [5.41, 5.74) is 1.13. The standard InChI is InChI=1S/C25H42O7/c1-15-10-20(12-23(11-15)32-25(31)18(4)19(5)26)8-6-16(2)17(3)7-9-21(27)13-22(28)14-24(29)30/h6,8,10,15-19,21-23,26-28H,7,9,11-14H2,1-5H3,(H,29,30)/b8-6-/t15-,16-,17-,18-,19?,21+,22+,23-/m0/s1. The summed E-state index contributed by atoms with van der Waals surface area (Å²) in [6.07, 6.45) is 6.16. The van der Waals surface area contributed by atoms with Crippen LogP contribution in [0.15, 0.2) is 23.8 Å². The van der Waals surface area contributed by atoms with Crippen LogP contribution < -0.4 is 0 Å². The Kier molecular flexibility index (Phi) is 12.2. The second-order valence-corrected chi connectivity index (χ2v) is 9.66. The largest absolute Gasteiger partial charge is 0.481 e. The van der Waals surface area contributed by atoms with Crippen LogP contribution in [0.25, 0.3) is 0 Å². The third-order valence-electron chi connectivity index (χ3n) is 6.40. The summed E-state index contributed by atoms with van der Waals surface area (Å²) < 4.78 is 5.63. The van der Waals surface area contributed by atoms with Gasteiger partial charge in [0.1, 0.15) is 6.10 Å². The van der Waals surface area contributed by atoms with E-state index in [9.17, 15) is 24.9 Å². The number of aliphatic carboxylic acids is 1. The summed E-state index contributed by atoms with van der Waals surface area (Å²) in [4.78, 5) is 22.8. The first-order chi connectivity index (χ1) is 14.9. The second-order valence-electron chi connectivity index (χ2n) is 9.66. The summed E-state index contributed by atoms with van der Waals surface area (Å²) in [7, 11) is 0. The van der Waals surface area contributed by atoms with Gasteiger partial charge in [-0.1, -0.05) is 39.0 Å². The van der Waals surface area contributed by atoms with Gasteiger partial charge in [-0.3, -0.25) is 9.59 Å². The molecule has 32 heavy (non-hydrogen) atoms. The van der Waals surface area contributed by atoms with Crippen molar-refractivity contribution in [3.63, 3.8) is 0 Å². The van der Waals surface area contributed by atoms with E-state index in [1.165, 1.54) is 0 Å². The zero-order valence-electron chi connectivity index (χ0n) is 20.1. The molecule has 4 N–H and O–H groups in total. The average molecular weight is 455 g/mol. The summed E-state index contributed by atoms with van der Waals surface area (Å²) in [6, 6.07) is 0. The van der Waals surface area contributed by atoms with E-state index in [1.807, 2.05) is 0 Å². The number of ether oxygens (including phenoxy) is 1. The van der Waals surface area contributed by atoms with E-state index in [0.29, 0.717) is 24.7 Å². The highest BCUT2D eigenvalue weighted by atomic mass is 16.5. The topological polar surface area (TPSA) is 124 Å². The summed E-state index contributed by atoms with van der Waals surface area (Å²) in [5, 5.41) is 38.0. The molecule has 0 spiro atoms. The lowest BCUT2D eigenvalue weighted by molar-refractivity contribution is -0.157. The number of carboxylic acids is 1. The number of aliphatic hydroxyl groups is 3. The Hall–Kier alpha value is -1.70. The predicted octanol–water partition coefficient (Wildman–Crippen LogP) is 3.47. The van der Waals surface area contributed by atoms with Crippen molar-refractivity contribution in [1.82, 2.24) is 0 Å². The zero-order valence-corrected chi connectivity index (χ0v) is 20.1. The third kappa shape index (κ3) is 10.7. The van der Waals surface area contributed by atoms with Gasteiger partial charge >= 0.3 is 11.9 Å². The lowest BCUT2D eigenvalue weighted by Crippen LogP contribution is -2.31. The molecule has 0 aromatic heterocycles. The lowest BCUT2D eigenvalue weighted by atomic mass is 9.86. The van der Waals surface area contributed by atoms with Crippen molar-refractivity contribution in [2.75, 3.05) is 0 Å². The SMILES string of the molecule is CC(O)[C@H](C)C(=O)O[C@@H]1CC(/C=C\[C@H](C)[C@@H](C)CC[C@@H](O)C[C@@H](O)CC(=O)O)=C[C@H](C)C1. The van der Waals surface area contributed by atoms with Crippen LogP contribution in [0.1, 0.15) is 73.1 Å². The number of carbonyl (C=O) groups is 2. The van der Waals surface area contributed by atoms with Crippen molar-refractivity contribution in [2.45, 2.75) is 97.6 Å². The normalized spacial score (nSPS) is 24.8. The summed E-state index contributed by atoms with van der Waals surface area (Å²) >= 11 is 0. The van der Waals surface area contributed by atoms with Crippen LogP contribution in [0.2, 0.25) is 0 Å². The Morgan fingerprint density at radius 3 is 2.38 bits per heavy atom. The molecular formula is C25H42O7. The molecule has 184 valence electrons. The molecule has 7 nitrogen and oxygen atoms in total. The maximum atomic E-state index is 12.2. The Labute approximate surface area is 192 Å². The molecular weight excluding hydrogens is 412 g/mol. The molecule has 0 heterocycles. The highest BCUT2D eigenvalue weighted by Gasteiger charge is 2.27. The van der Waals surface area contributed by atoms with Crippen LogP contribution in [0.5, 0.6) is 0 Å². The van der Waals surface area contributed by atoms with Crippen LogP contribution in [0, 0.1) is 23.7 Å². The van der Waals surface area contributed by atoms with E-state index in [-0.39, 0.29) is 30.8 Å². The van der Waals surface area contributed by atoms with Gasteiger partial charge in [-0.05, 0) is 62.9 Å². The maximum absolute atomic E-state index is 12.2. The van der Waals surface area contributed by atoms with Crippen LogP contribution >= 0.6 is 0 Å². The molecule has 0 aromatic carbocycles. The average Bonchev–Trinajstić information content (AvgIpc) is 2.68. The number of rotatable bonds is 13. The quantitative estimate of drug-likeness (QED) is 0.314. The van der Waals surface area contributed by atoms with Gasteiger partial charge in [0.15, 0.2) is 0 Å². The van der Waals surface area contributed by atoms with Crippen LogP contribution in [-0.4, -0.2) is 56.8 Å². The molecule has 8 atom stereocenters. The number of hydrogen-bond acceptors (Lipinski definition) is 6.